The predicted molar refractivity (Wildman–Crippen MR) is 116 cm³/mol. The molecule has 0 aromatic heterocycles. The van der Waals surface area contributed by atoms with Gasteiger partial charge in [0.05, 0.1) is 5.60 Å². The van der Waals surface area contributed by atoms with E-state index in [1.807, 2.05) is 0 Å². The number of carbonyl (C=O) groups excluding carboxylic acids is 1. The average Bonchev–Trinajstić information content (AvgIpc) is 3.31. The van der Waals surface area contributed by atoms with E-state index in [9.17, 15) is 9.90 Å². The highest BCUT2D eigenvalue weighted by molar-refractivity contribution is 5.87. The third kappa shape index (κ3) is 2.79. The number of carbonyl (C=O) groups is 1. The van der Waals surface area contributed by atoms with Crippen LogP contribution in [0, 0.1) is 40.4 Å². The summed E-state index contributed by atoms with van der Waals surface area (Å²) in [5.41, 5.74) is 0.124. The Hall–Kier alpha value is -0.930. The molecule has 160 valence electrons. The molecular weight excluding hydrogens is 358 g/mol. The number of ketones is 1. The van der Waals surface area contributed by atoms with Crippen molar-refractivity contribution in [3.63, 3.8) is 0 Å². The molecule has 0 radical (unpaired) electrons. The van der Waals surface area contributed by atoms with Crippen LogP contribution in [-0.4, -0.2) is 29.6 Å². The number of fused-ring (bicyclic) bond motifs is 5. The zero-order chi connectivity index (χ0) is 20.4. The van der Waals surface area contributed by atoms with E-state index in [1.54, 1.807) is 0 Å². The molecule has 1 heterocycles. The van der Waals surface area contributed by atoms with E-state index >= 15 is 0 Å². The molecule has 8 atom stereocenters. The summed E-state index contributed by atoms with van der Waals surface area (Å²) in [7, 11) is 0. The predicted octanol–water partition coefficient (Wildman–Crippen LogP) is 4.66. The smallest absolute Gasteiger partial charge is 0.139 e. The summed E-state index contributed by atoms with van der Waals surface area (Å²) in [5, 5.41) is 15.5. The van der Waals surface area contributed by atoms with E-state index in [2.05, 4.69) is 37.9 Å². The Labute approximate surface area is 176 Å². The van der Waals surface area contributed by atoms with Gasteiger partial charge < -0.3 is 10.4 Å². The van der Waals surface area contributed by atoms with Gasteiger partial charge in [0.15, 0.2) is 0 Å². The topological polar surface area (TPSA) is 49.3 Å². The van der Waals surface area contributed by atoms with Crippen molar-refractivity contribution < 1.29 is 9.90 Å². The van der Waals surface area contributed by atoms with Crippen LogP contribution in [-0.2, 0) is 4.79 Å². The molecule has 0 spiro atoms. The number of hydrogen-bond acceptors (Lipinski definition) is 3. The normalized spacial score (nSPS) is 52.4. The lowest BCUT2D eigenvalue weighted by Crippen LogP contribution is -2.63. The minimum absolute atomic E-state index is 0.0841. The van der Waals surface area contributed by atoms with Gasteiger partial charge in [0.25, 0.3) is 0 Å². The van der Waals surface area contributed by atoms with E-state index in [0.29, 0.717) is 35.4 Å². The molecule has 5 fully saturated rings. The summed E-state index contributed by atoms with van der Waals surface area (Å²) in [6.45, 7) is 11.3. The van der Waals surface area contributed by atoms with Gasteiger partial charge in [-0.3, -0.25) is 4.79 Å². The second-order valence-corrected chi connectivity index (χ2v) is 11.5. The molecule has 0 aromatic carbocycles. The Morgan fingerprint density at radius 3 is 2.62 bits per heavy atom. The van der Waals surface area contributed by atoms with Crippen molar-refractivity contribution in [2.75, 3.05) is 13.1 Å². The van der Waals surface area contributed by atoms with Crippen LogP contribution < -0.4 is 5.32 Å². The van der Waals surface area contributed by atoms with Gasteiger partial charge in [-0.2, -0.15) is 0 Å². The molecule has 1 aliphatic heterocycles. The zero-order valence-corrected chi connectivity index (χ0v) is 18.4. The standard InChI is InChI=1S/C26H39NO2/c1-17-14-20-21-6-7-23(28)24(21,2)11-9-22(20)25(3)12-8-18(15-26(17,25)29)4-5-19-10-13-27-16-19/h4-5,18-22,27,29H,1,6-16H2,2-3H3/b5-4-/t18-,19-,20+,21+,22+,24+,25-,26+/m1/s1. The number of allylic oxidation sites excluding steroid dienone is 1. The second-order valence-electron chi connectivity index (χ2n) is 11.5. The average molecular weight is 398 g/mol. The first-order valence-corrected chi connectivity index (χ1v) is 12.1. The number of aliphatic hydroxyl groups is 1. The van der Waals surface area contributed by atoms with Crippen LogP contribution in [0.4, 0.5) is 0 Å². The lowest BCUT2D eigenvalue weighted by Gasteiger charge is -2.64. The van der Waals surface area contributed by atoms with Gasteiger partial charge in [-0.15, -0.1) is 0 Å². The molecule has 0 unspecified atom stereocenters. The third-order valence-corrected chi connectivity index (χ3v) is 10.3. The van der Waals surface area contributed by atoms with Gasteiger partial charge in [0, 0.05) is 23.8 Å². The monoisotopic (exact) mass is 397 g/mol. The van der Waals surface area contributed by atoms with Crippen molar-refractivity contribution >= 4 is 5.78 Å². The van der Waals surface area contributed by atoms with Crippen LogP contribution in [0.25, 0.3) is 0 Å². The number of rotatable bonds is 2. The Bertz CT molecular complexity index is 737. The van der Waals surface area contributed by atoms with Crippen molar-refractivity contribution in [3.05, 3.63) is 24.3 Å². The molecular formula is C26H39NO2. The minimum atomic E-state index is -0.744. The van der Waals surface area contributed by atoms with E-state index in [0.717, 1.165) is 63.6 Å². The summed E-state index contributed by atoms with van der Waals surface area (Å²) in [5.74, 6) is 3.18. The Morgan fingerprint density at radius 1 is 1.07 bits per heavy atom. The summed E-state index contributed by atoms with van der Waals surface area (Å²) < 4.78 is 0. The molecule has 4 saturated carbocycles. The Morgan fingerprint density at radius 2 is 1.86 bits per heavy atom. The molecule has 2 N–H and O–H groups in total. The summed E-state index contributed by atoms with van der Waals surface area (Å²) in [4.78, 5) is 12.7. The van der Waals surface area contributed by atoms with E-state index < -0.39 is 5.60 Å². The first-order chi connectivity index (χ1) is 13.8. The Kier molecular flexibility index (Phi) is 4.68. The van der Waals surface area contributed by atoms with Crippen LogP contribution in [0.15, 0.2) is 24.3 Å². The van der Waals surface area contributed by atoms with E-state index in [4.69, 9.17) is 0 Å². The van der Waals surface area contributed by atoms with Crippen molar-refractivity contribution in [1.29, 1.82) is 0 Å². The first-order valence-electron chi connectivity index (χ1n) is 12.1. The zero-order valence-electron chi connectivity index (χ0n) is 18.4. The van der Waals surface area contributed by atoms with E-state index in [-0.39, 0.29) is 10.8 Å². The maximum atomic E-state index is 12.7. The maximum absolute atomic E-state index is 12.7. The molecule has 5 aliphatic rings. The SMILES string of the molecule is C=C1C[C@H]2[C@@H]3CCC(=O)[C@@]3(C)CC[C@@H]2[C@@]2(C)CC[C@@H](/C=C\[C@@H]3CCNC3)C[C@]12O. The van der Waals surface area contributed by atoms with Crippen LogP contribution in [0.1, 0.15) is 71.6 Å². The van der Waals surface area contributed by atoms with Gasteiger partial charge in [-0.1, -0.05) is 32.6 Å². The lowest BCUT2D eigenvalue weighted by molar-refractivity contribution is -0.178. The van der Waals surface area contributed by atoms with Crippen molar-refractivity contribution in [1.82, 2.24) is 5.32 Å². The fourth-order valence-corrected chi connectivity index (χ4v) is 8.35. The number of Topliss-reactive ketones (excluding diaryl/α,β-unsaturated/α-hetero) is 1. The second kappa shape index (κ2) is 6.79. The third-order valence-electron chi connectivity index (χ3n) is 10.3. The highest BCUT2D eigenvalue weighted by atomic mass is 16.3. The molecule has 1 saturated heterocycles. The molecule has 29 heavy (non-hydrogen) atoms. The lowest BCUT2D eigenvalue weighted by atomic mass is 9.42. The first kappa shape index (κ1) is 20.0. The van der Waals surface area contributed by atoms with Gasteiger partial charge >= 0.3 is 0 Å². The highest BCUT2D eigenvalue weighted by Crippen LogP contribution is 2.68. The fraction of sp³-hybridized carbons (Fsp3) is 0.808. The molecule has 0 bridgehead atoms. The summed E-state index contributed by atoms with van der Waals surface area (Å²) >= 11 is 0. The molecule has 0 aromatic rings. The van der Waals surface area contributed by atoms with E-state index in [1.165, 1.54) is 12.8 Å². The van der Waals surface area contributed by atoms with Crippen LogP contribution in [0.3, 0.4) is 0 Å². The van der Waals surface area contributed by atoms with Gasteiger partial charge in [0.2, 0.25) is 0 Å². The fourth-order valence-electron chi connectivity index (χ4n) is 8.35. The van der Waals surface area contributed by atoms with Gasteiger partial charge in [0.1, 0.15) is 5.78 Å². The summed E-state index contributed by atoms with van der Waals surface area (Å²) in [6, 6.07) is 0. The highest BCUT2D eigenvalue weighted by Gasteiger charge is 2.65. The molecule has 3 nitrogen and oxygen atoms in total. The van der Waals surface area contributed by atoms with Crippen molar-refractivity contribution in [3.8, 4) is 0 Å². The van der Waals surface area contributed by atoms with Crippen LogP contribution >= 0.6 is 0 Å². The quantitative estimate of drug-likeness (QED) is 0.666. The number of nitrogens with one attached hydrogen (secondary N) is 1. The molecule has 4 aliphatic carbocycles. The van der Waals surface area contributed by atoms with Crippen LogP contribution in [0.2, 0.25) is 0 Å². The number of hydrogen-bond donors (Lipinski definition) is 2. The van der Waals surface area contributed by atoms with Gasteiger partial charge in [-0.05, 0) is 93.1 Å². The van der Waals surface area contributed by atoms with Gasteiger partial charge in [-0.25, -0.2) is 0 Å². The van der Waals surface area contributed by atoms with Crippen LogP contribution in [0.5, 0.6) is 0 Å². The largest absolute Gasteiger partial charge is 0.385 e. The summed E-state index contributed by atoms with van der Waals surface area (Å²) in [6.07, 6.45) is 14.0. The maximum Gasteiger partial charge on any atom is 0.139 e. The minimum Gasteiger partial charge on any atom is -0.385 e. The molecule has 3 heteroatoms. The van der Waals surface area contributed by atoms with Crippen molar-refractivity contribution in [2.24, 2.45) is 40.4 Å². The molecule has 0 amide bonds. The Balaban J connectivity index is 1.39. The molecule has 5 rings (SSSR count). The van der Waals surface area contributed by atoms with Crippen molar-refractivity contribution in [2.45, 2.75) is 77.2 Å².